The number of amides is 2. The molecule has 0 aromatic carbocycles. The molecule has 62 heavy (non-hydrogen) atoms. The van der Waals surface area contributed by atoms with Crippen molar-refractivity contribution in [3.05, 3.63) is 0 Å². The van der Waals surface area contributed by atoms with Crippen LogP contribution in [-0.4, -0.2) is 173 Å². The van der Waals surface area contributed by atoms with Crippen molar-refractivity contribution in [1.82, 2.24) is 20.9 Å². The molecule has 0 spiro atoms. The second-order valence-corrected chi connectivity index (χ2v) is 32.5. The van der Waals surface area contributed by atoms with Gasteiger partial charge in [-0.1, -0.05) is 0 Å². The van der Waals surface area contributed by atoms with Crippen LogP contribution in [0.1, 0.15) is 65.2 Å². The number of carbonyl (C=O) groups excluding carboxylic acids is 5. The monoisotopic (exact) mass is 976 g/mol. The van der Waals surface area contributed by atoms with Crippen LogP contribution in [0, 0.1) is 0 Å². The number of alkyl halides is 1. The largest absolute Gasteiger partial charge is 0.469 e. The third-order valence-electron chi connectivity index (χ3n) is 8.39. The van der Waals surface area contributed by atoms with Gasteiger partial charge in [0.15, 0.2) is 8.32 Å². The average Bonchev–Trinajstić information content (AvgIpc) is 3.98. The molecule has 364 valence electrons. The van der Waals surface area contributed by atoms with Crippen molar-refractivity contribution < 1.29 is 64.4 Å². The lowest BCUT2D eigenvalue weighted by molar-refractivity contribution is -0.144. The topological polar surface area (TPSA) is 211 Å². The van der Waals surface area contributed by atoms with Crippen LogP contribution in [0.25, 0.3) is 0 Å². The lowest BCUT2D eigenvalue weighted by atomic mass is 10.2. The van der Waals surface area contributed by atoms with Gasteiger partial charge in [0.05, 0.1) is 38.0 Å². The standard InChI is InChI=1S/C36H76N4O13Si4.C3H5ClO/c1-31(50-55(8,9)52-57(12,30-46-3)53-56(10,11)51-54(5,6)7)29-40(25-27-48-32(2)41)26-28-49-36(45)20-16-14-18-34(43)39-24-22-37-21-23-38-33(42)17-13-15-19-35(44)47-4;4-1-3-2-5-3/h31,37H,13-30H2,1-12H3,(H,38,42)(H,39,43);3H,1-2H2. The number of epoxide rings is 1. The zero-order valence-corrected chi connectivity index (χ0v) is 44.6. The van der Waals surface area contributed by atoms with Crippen LogP contribution in [0.4, 0.5) is 0 Å². The smallest absolute Gasteiger partial charge is 0.344 e. The maximum atomic E-state index is 12.5. The highest BCUT2D eigenvalue weighted by atomic mass is 35.5. The second kappa shape index (κ2) is 32.8. The molecule has 0 bridgehead atoms. The van der Waals surface area contributed by atoms with E-state index < -0.39 is 34.0 Å². The molecule has 0 aromatic heterocycles. The summed E-state index contributed by atoms with van der Waals surface area (Å²) in [7, 11) is -6.93. The molecule has 2 amide bonds. The number of esters is 3. The number of ether oxygens (including phenoxy) is 5. The first-order valence-corrected chi connectivity index (χ1v) is 33.8. The van der Waals surface area contributed by atoms with Gasteiger partial charge in [-0.3, -0.25) is 28.9 Å². The number of unbranched alkanes of at least 4 members (excludes halogenated alkanes) is 2. The van der Waals surface area contributed by atoms with Gasteiger partial charge in [0.25, 0.3) is 0 Å². The van der Waals surface area contributed by atoms with Crippen LogP contribution >= 0.6 is 11.6 Å². The van der Waals surface area contributed by atoms with E-state index in [0.717, 1.165) is 6.61 Å². The van der Waals surface area contributed by atoms with Gasteiger partial charge in [0.2, 0.25) is 11.8 Å². The Morgan fingerprint density at radius 1 is 0.726 bits per heavy atom. The van der Waals surface area contributed by atoms with E-state index in [1.165, 1.54) is 14.0 Å². The van der Waals surface area contributed by atoms with Gasteiger partial charge in [-0.2, -0.15) is 0 Å². The number of carbonyl (C=O) groups is 5. The summed E-state index contributed by atoms with van der Waals surface area (Å²) >= 11 is 5.27. The minimum absolute atomic E-state index is 0.0653. The lowest BCUT2D eigenvalue weighted by Gasteiger charge is -2.42. The molecule has 1 aliphatic rings. The van der Waals surface area contributed by atoms with E-state index >= 15 is 0 Å². The van der Waals surface area contributed by atoms with Crippen LogP contribution < -0.4 is 16.0 Å². The molecule has 0 aromatic rings. The SMILES string of the molecule is COC[Si](C)(O[Si](C)(C)OC(C)CN(CCOC(C)=O)CCOC(=O)CCCCC(=O)NCCNCCNC(=O)CCCCC(=O)OC)O[Si](C)(C)O[Si](C)(C)C.ClCC1CO1. The molecule has 3 atom stereocenters. The highest BCUT2D eigenvalue weighted by Gasteiger charge is 2.47. The lowest BCUT2D eigenvalue weighted by Crippen LogP contribution is -2.60. The molecule has 23 heteroatoms. The highest BCUT2D eigenvalue weighted by Crippen LogP contribution is 2.25. The Hall–Kier alpha value is -1.81. The van der Waals surface area contributed by atoms with Crippen molar-refractivity contribution in [3.63, 3.8) is 0 Å². The Morgan fingerprint density at radius 2 is 1.23 bits per heavy atom. The molecule has 1 heterocycles. The minimum atomic E-state index is -2.84. The predicted octanol–water partition coefficient (Wildman–Crippen LogP) is 4.09. The van der Waals surface area contributed by atoms with E-state index in [-0.39, 0.29) is 55.5 Å². The van der Waals surface area contributed by atoms with Crippen LogP contribution in [0.5, 0.6) is 0 Å². The van der Waals surface area contributed by atoms with Gasteiger partial charge in [-0.15, -0.1) is 11.6 Å². The van der Waals surface area contributed by atoms with E-state index in [1.807, 2.05) is 44.6 Å². The summed E-state index contributed by atoms with van der Waals surface area (Å²) in [6.45, 7) is 24.4. The molecule has 3 unspecified atom stereocenters. The maximum absolute atomic E-state index is 12.5. The second-order valence-electron chi connectivity index (χ2n) is 17.1. The Labute approximate surface area is 381 Å². The molecule has 1 aliphatic heterocycles. The fourth-order valence-electron chi connectivity index (χ4n) is 6.27. The third-order valence-corrected chi connectivity index (χ3v) is 22.3. The summed E-state index contributed by atoms with van der Waals surface area (Å²) in [4.78, 5) is 61.0. The first-order chi connectivity index (χ1) is 28.9. The average molecular weight is 978 g/mol. The van der Waals surface area contributed by atoms with Crippen molar-refractivity contribution in [2.75, 3.05) is 92.0 Å². The van der Waals surface area contributed by atoms with Crippen LogP contribution in [0.2, 0.25) is 52.4 Å². The van der Waals surface area contributed by atoms with Gasteiger partial charge >= 0.3 is 43.6 Å². The quantitative estimate of drug-likeness (QED) is 0.0204. The summed E-state index contributed by atoms with van der Waals surface area (Å²) in [5.41, 5.74) is 0. The van der Waals surface area contributed by atoms with Crippen molar-refractivity contribution in [3.8, 4) is 0 Å². The fraction of sp³-hybridized carbons (Fsp3) is 0.872. The first-order valence-electron chi connectivity index (χ1n) is 21.7. The Morgan fingerprint density at radius 3 is 1.68 bits per heavy atom. The predicted molar refractivity (Wildman–Crippen MR) is 248 cm³/mol. The van der Waals surface area contributed by atoms with Crippen LogP contribution in [0.3, 0.4) is 0 Å². The Kier molecular flexibility index (Phi) is 31.8. The number of halogens is 1. The summed E-state index contributed by atoms with van der Waals surface area (Å²) in [5, 5.41) is 8.82. The van der Waals surface area contributed by atoms with Gasteiger partial charge in [0, 0.05) is 85.5 Å². The molecule has 1 saturated heterocycles. The molecule has 1 rings (SSSR count). The van der Waals surface area contributed by atoms with Crippen molar-refractivity contribution in [2.45, 2.75) is 130 Å². The molecule has 18 nitrogen and oxygen atoms in total. The molecule has 1 fully saturated rings. The van der Waals surface area contributed by atoms with E-state index in [1.54, 1.807) is 7.11 Å². The molecule has 0 saturated carbocycles. The number of rotatable bonds is 35. The molecule has 0 radical (unpaired) electrons. The van der Waals surface area contributed by atoms with Crippen molar-refractivity contribution in [1.29, 1.82) is 0 Å². The van der Waals surface area contributed by atoms with E-state index in [9.17, 15) is 24.0 Å². The normalized spacial score (nSPS) is 15.4. The zero-order chi connectivity index (χ0) is 47.2. The summed E-state index contributed by atoms with van der Waals surface area (Å²) in [5.74, 6) is -0.480. The van der Waals surface area contributed by atoms with Gasteiger partial charge in [-0.25, -0.2) is 0 Å². The number of hydrogen-bond donors (Lipinski definition) is 3. The van der Waals surface area contributed by atoms with E-state index in [0.29, 0.717) is 109 Å². The van der Waals surface area contributed by atoms with Crippen molar-refractivity contribution in [2.24, 2.45) is 0 Å². The van der Waals surface area contributed by atoms with Crippen LogP contribution in [0.15, 0.2) is 0 Å². The zero-order valence-electron chi connectivity index (χ0n) is 39.8. The minimum Gasteiger partial charge on any atom is -0.469 e. The van der Waals surface area contributed by atoms with Gasteiger partial charge in [-0.05, 0) is 85.0 Å². The van der Waals surface area contributed by atoms with Gasteiger partial charge < -0.3 is 56.4 Å². The van der Waals surface area contributed by atoms with E-state index in [2.05, 4.69) is 40.3 Å². The first kappa shape index (κ1) is 60.2. The Balaban J connectivity index is 0.00000689. The summed E-state index contributed by atoms with van der Waals surface area (Å²) in [6.07, 6.45) is 3.97. The molecular weight excluding hydrogens is 896 g/mol. The number of methoxy groups -OCH3 is 2. The number of hydrogen-bond acceptors (Lipinski definition) is 16. The number of nitrogens with one attached hydrogen (secondary N) is 3. The van der Waals surface area contributed by atoms with Gasteiger partial charge in [0.1, 0.15) is 13.2 Å². The van der Waals surface area contributed by atoms with E-state index in [4.69, 9.17) is 47.3 Å². The third kappa shape index (κ3) is 36.5. The summed E-state index contributed by atoms with van der Waals surface area (Å²) in [6, 6.07) is 0. The molecule has 0 aliphatic carbocycles. The maximum Gasteiger partial charge on any atom is 0.344 e. The van der Waals surface area contributed by atoms with Crippen molar-refractivity contribution >= 4 is 75.3 Å². The fourth-order valence-corrected chi connectivity index (χ4v) is 24.0. The highest BCUT2D eigenvalue weighted by molar-refractivity contribution is 6.88. The Bertz CT molecular complexity index is 1300. The summed E-state index contributed by atoms with van der Waals surface area (Å²) < 4.78 is 51.8. The number of nitrogens with zero attached hydrogens (tertiary/aromatic N) is 1. The molecule has 3 N–H and O–H groups in total. The molecular formula is C39H81ClN4O14Si4. The van der Waals surface area contributed by atoms with Crippen LogP contribution in [-0.2, 0) is 64.4 Å².